The second-order valence-electron chi connectivity index (χ2n) is 5.73. The lowest BCUT2D eigenvalue weighted by atomic mass is 9.96. The Morgan fingerprint density at radius 3 is 2.32 bits per heavy atom. The summed E-state index contributed by atoms with van der Waals surface area (Å²) in [4.78, 5) is 12.2. The molecule has 2 aromatic carbocycles. The van der Waals surface area contributed by atoms with Crippen LogP contribution in [0.3, 0.4) is 0 Å². The third kappa shape index (κ3) is 4.35. The van der Waals surface area contributed by atoms with Gasteiger partial charge in [0.05, 0.1) is 10.9 Å². The van der Waals surface area contributed by atoms with E-state index in [4.69, 9.17) is 0 Å². The van der Waals surface area contributed by atoms with E-state index in [1.165, 1.54) is 18.2 Å². The van der Waals surface area contributed by atoms with Crippen LogP contribution in [0.5, 0.6) is 5.75 Å². The van der Waals surface area contributed by atoms with Crippen molar-refractivity contribution in [1.82, 2.24) is 4.72 Å². The first-order valence-electron chi connectivity index (χ1n) is 7.85. The lowest BCUT2D eigenvalue weighted by molar-refractivity contribution is -0.115. The molecule has 0 aliphatic carbocycles. The van der Waals surface area contributed by atoms with Gasteiger partial charge in [-0.3, -0.25) is 4.79 Å². The van der Waals surface area contributed by atoms with Crippen molar-refractivity contribution in [3.8, 4) is 5.75 Å². The fourth-order valence-electron chi connectivity index (χ4n) is 2.38. The minimum atomic E-state index is -3.90. The van der Waals surface area contributed by atoms with Gasteiger partial charge in [0, 0.05) is 17.6 Å². The summed E-state index contributed by atoms with van der Waals surface area (Å²) in [5.41, 5.74) is 1.30. The van der Waals surface area contributed by atoms with Crippen molar-refractivity contribution in [3.05, 3.63) is 71.8 Å². The highest BCUT2D eigenvalue weighted by molar-refractivity contribution is 7.89. The summed E-state index contributed by atoms with van der Waals surface area (Å²) >= 11 is 0. The predicted molar refractivity (Wildman–Crippen MR) is 96.8 cm³/mol. The van der Waals surface area contributed by atoms with E-state index in [0.717, 1.165) is 5.56 Å². The highest BCUT2D eigenvalue weighted by Crippen LogP contribution is 2.30. The minimum absolute atomic E-state index is 0.0790. The summed E-state index contributed by atoms with van der Waals surface area (Å²) < 4.78 is 27.9. The zero-order valence-electron chi connectivity index (χ0n) is 14.2. The maximum atomic E-state index is 12.7. The fourth-order valence-corrected chi connectivity index (χ4v) is 3.59. The first-order chi connectivity index (χ1) is 11.8. The Kier molecular flexibility index (Phi) is 5.77. The largest absolute Gasteiger partial charge is 0.508 e. The predicted octanol–water partition coefficient (Wildman–Crippen LogP) is 3.26. The number of carbonyl (C=O) groups excluding carboxylic acids is 1. The first-order valence-corrected chi connectivity index (χ1v) is 9.33. The summed E-state index contributed by atoms with van der Waals surface area (Å²) in [6.07, 6.45) is 0.190. The molecule has 6 heteroatoms. The summed E-state index contributed by atoms with van der Waals surface area (Å²) in [5.74, 6) is -0.385. The highest BCUT2D eigenvalue weighted by Gasteiger charge is 2.28. The summed E-state index contributed by atoms with van der Waals surface area (Å²) in [5, 5.41) is 10.1. The van der Waals surface area contributed by atoms with Gasteiger partial charge in [-0.2, -0.15) is 4.72 Å². The van der Waals surface area contributed by atoms with Crippen molar-refractivity contribution >= 4 is 15.8 Å². The monoisotopic (exact) mass is 359 g/mol. The van der Waals surface area contributed by atoms with Gasteiger partial charge in [-0.15, -0.1) is 0 Å². The van der Waals surface area contributed by atoms with Gasteiger partial charge >= 0.3 is 0 Å². The molecular formula is C19H21NO4S. The standard InChI is InChI=1S/C19H21NO4S/c1-4-17(21)14(3)19(16-7-5-6-8-18(16)22)20-25(23,24)15-11-9-13(2)10-12-15/h5-12,19-20,22H,3-4H2,1-2H3/t19-/m1/s1. The molecule has 2 aromatic rings. The number of phenolic OH excluding ortho intramolecular Hbond substituents is 1. The SMILES string of the molecule is C=C(C(=O)CC)[C@@H](NS(=O)(=O)c1ccc(C)cc1)c1ccccc1O. The number of hydrogen-bond acceptors (Lipinski definition) is 4. The van der Waals surface area contributed by atoms with Crippen LogP contribution in [0.4, 0.5) is 0 Å². The first kappa shape index (κ1) is 18.9. The molecule has 0 radical (unpaired) electrons. The number of aryl methyl sites for hydroxylation is 1. The number of benzene rings is 2. The number of ketones is 1. The van der Waals surface area contributed by atoms with E-state index in [1.807, 2.05) is 6.92 Å². The Labute approximate surface area is 148 Å². The van der Waals surface area contributed by atoms with E-state index < -0.39 is 16.1 Å². The molecule has 0 fully saturated rings. The smallest absolute Gasteiger partial charge is 0.241 e. The molecule has 2 N–H and O–H groups in total. The van der Waals surface area contributed by atoms with Gasteiger partial charge in [0.25, 0.3) is 0 Å². The zero-order chi connectivity index (χ0) is 18.6. The molecule has 5 nitrogen and oxygen atoms in total. The molecule has 25 heavy (non-hydrogen) atoms. The topological polar surface area (TPSA) is 83.5 Å². The highest BCUT2D eigenvalue weighted by atomic mass is 32.2. The van der Waals surface area contributed by atoms with Crippen LogP contribution in [0.2, 0.25) is 0 Å². The summed E-state index contributed by atoms with van der Waals surface area (Å²) in [6.45, 7) is 7.28. The molecule has 2 rings (SSSR count). The van der Waals surface area contributed by atoms with Gasteiger partial charge in [-0.1, -0.05) is 49.4 Å². The van der Waals surface area contributed by atoms with E-state index in [1.54, 1.807) is 37.3 Å². The third-order valence-corrected chi connectivity index (χ3v) is 5.32. The van der Waals surface area contributed by atoms with Gasteiger partial charge in [0.15, 0.2) is 5.78 Å². The summed E-state index contributed by atoms with van der Waals surface area (Å²) in [7, 11) is -3.90. The van der Waals surface area contributed by atoms with Gasteiger partial charge in [-0.25, -0.2) is 8.42 Å². The number of hydrogen-bond donors (Lipinski definition) is 2. The maximum absolute atomic E-state index is 12.7. The second kappa shape index (κ2) is 7.63. The number of sulfonamides is 1. The number of Topliss-reactive ketones (excluding diaryl/α,β-unsaturated/α-hetero) is 1. The van der Waals surface area contributed by atoms with E-state index in [2.05, 4.69) is 11.3 Å². The molecule has 0 aliphatic heterocycles. The number of rotatable bonds is 7. The van der Waals surface area contributed by atoms with E-state index >= 15 is 0 Å². The van der Waals surface area contributed by atoms with Crippen LogP contribution >= 0.6 is 0 Å². The molecular weight excluding hydrogens is 338 g/mol. The van der Waals surface area contributed by atoms with Crippen LogP contribution in [-0.2, 0) is 14.8 Å². The quantitative estimate of drug-likeness (QED) is 0.743. The van der Waals surface area contributed by atoms with Crippen LogP contribution in [0, 0.1) is 6.92 Å². The molecule has 0 amide bonds. The van der Waals surface area contributed by atoms with Crippen molar-refractivity contribution in [2.45, 2.75) is 31.2 Å². The molecule has 0 bridgehead atoms. The Morgan fingerprint density at radius 2 is 1.76 bits per heavy atom. The molecule has 0 unspecified atom stereocenters. The molecule has 0 saturated carbocycles. The van der Waals surface area contributed by atoms with Crippen molar-refractivity contribution in [3.63, 3.8) is 0 Å². The fraction of sp³-hybridized carbons (Fsp3) is 0.211. The normalized spacial score (nSPS) is 12.6. The molecule has 0 heterocycles. The Balaban J connectivity index is 2.46. The minimum Gasteiger partial charge on any atom is -0.508 e. The Morgan fingerprint density at radius 1 is 1.16 bits per heavy atom. The number of phenols is 1. The Hall–Kier alpha value is -2.44. The van der Waals surface area contributed by atoms with Crippen LogP contribution in [0.25, 0.3) is 0 Å². The van der Waals surface area contributed by atoms with Crippen molar-refractivity contribution in [1.29, 1.82) is 0 Å². The van der Waals surface area contributed by atoms with E-state index in [-0.39, 0.29) is 34.0 Å². The van der Waals surface area contributed by atoms with Crippen LogP contribution in [-0.4, -0.2) is 19.3 Å². The van der Waals surface area contributed by atoms with Crippen molar-refractivity contribution < 1.29 is 18.3 Å². The molecule has 0 saturated heterocycles. The third-order valence-electron chi connectivity index (χ3n) is 3.88. The Bertz CT molecular complexity index is 886. The summed E-state index contributed by atoms with van der Waals surface area (Å²) in [6, 6.07) is 11.6. The number of carbonyl (C=O) groups is 1. The van der Waals surface area contributed by atoms with Gasteiger partial charge < -0.3 is 5.11 Å². The van der Waals surface area contributed by atoms with Gasteiger partial charge in [0.1, 0.15) is 5.75 Å². The number of nitrogens with one attached hydrogen (secondary N) is 1. The molecule has 132 valence electrons. The van der Waals surface area contributed by atoms with Crippen molar-refractivity contribution in [2.75, 3.05) is 0 Å². The van der Waals surface area contributed by atoms with Crippen molar-refractivity contribution in [2.24, 2.45) is 0 Å². The average molecular weight is 359 g/mol. The van der Waals surface area contributed by atoms with Crippen LogP contribution < -0.4 is 4.72 Å². The van der Waals surface area contributed by atoms with Crippen LogP contribution in [0.15, 0.2) is 65.6 Å². The molecule has 0 aromatic heterocycles. The number of aromatic hydroxyl groups is 1. The van der Waals surface area contributed by atoms with E-state index in [9.17, 15) is 18.3 Å². The lowest BCUT2D eigenvalue weighted by Crippen LogP contribution is -2.31. The average Bonchev–Trinajstić information content (AvgIpc) is 2.59. The van der Waals surface area contributed by atoms with Crippen LogP contribution in [0.1, 0.15) is 30.5 Å². The van der Waals surface area contributed by atoms with E-state index in [0.29, 0.717) is 0 Å². The number of para-hydroxylation sites is 1. The second-order valence-corrected chi connectivity index (χ2v) is 7.44. The van der Waals surface area contributed by atoms with Gasteiger partial charge in [-0.05, 0) is 25.1 Å². The maximum Gasteiger partial charge on any atom is 0.241 e. The molecule has 1 atom stereocenters. The van der Waals surface area contributed by atoms with Gasteiger partial charge in [0.2, 0.25) is 10.0 Å². The molecule has 0 aliphatic rings. The molecule has 0 spiro atoms. The zero-order valence-corrected chi connectivity index (χ0v) is 15.0. The lowest BCUT2D eigenvalue weighted by Gasteiger charge is -2.21.